The molecule has 0 radical (unpaired) electrons. The molecule has 1 heterocycles. The number of likely N-dealkylation sites (tertiary alicyclic amines) is 1. The van der Waals surface area contributed by atoms with Crippen LogP contribution in [0.4, 0.5) is 10.5 Å². The predicted molar refractivity (Wildman–Crippen MR) is 109 cm³/mol. The molecule has 1 fully saturated rings. The molecule has 0 saturated carbocycles. The molecular weight excluding hydrogens is 354 g/mol. The van der Waals surface area contributed by atoms with Crippen molar-refractivity contribution in [3.63, 3.8) is 0 Å². The summed E-state index contributed by atoms with van der Waals surface area (Å²) in [4.78, 5) is 26.4. The zero-order valence-corrected chi connectivity index (χ0v) is 16.2. The molecule has 1 saturated heterocycles. The smallest absolute Gasteiger partial charge is 0.321 e. The van der Waals surface area contributed by atoms with Crippen LogP contribution in [0, 0.1) is 12.8 Å². The first-order valence-electron chi connectivity index (χ1n) is 9.70. The van der Waals surface area contributed by atoms with Crippen LogP contribution in [0.25, 0.3) is 0 Å². The Bertz CT molecular complexity index is 769. The Morgan fingerprint density at radius 2 is 1.71 bits per heavy atom. The number of carbonyl (C=O) groups is 2. The minimum Gasteiger partial charge on any atom is -0.492 e. The second-order valence-electron chi connectivity index (χ2n) is 7.01. The number of piperidine rings is 1. The van der Waals surface area contributed by atoms with Gasteiger partial charge in [0.2, 0.25) is 5.91 Å². The number of nitrogens with zero attached hydrogens (tertiary/aromatic N) is 1. The van der Waals surface area contributed by atoms with Gasteiger partial charge in [-0.05, 0) is 44.0 Å². The highest BCUT2D eigenvalue weighted by Gasteiger charge is 2.27. The lowest BCUT2D eigenvalue weighted by atomic mass is 9.96. The van der Waals surface area contributed by atoms with E-state index >= 15 is 0 Å². The summed E-state index contributed by atoms with van der Waals surface area (Å²) in [5.41, 5.74) is 1.96. The second kappa shape index (κ2) is 9.78. The van der Waals surface area contributed by atoms with Crippen LogP contribution in [0.5, 0.6) is 5.75 Å². The van der Waals surface area contributed by atoms with Gasteiger partial charge < -0.3 is 20.3 Å². The first-order valence-corrected chi connectivity index (χ1v) is 9.70. The highest BCUT2D eigenvalue weighted by Crippen LogP contribution is 2.18. The van der Waals surface area contributed by atoms with E-state index in [2.05, 4.69) is 10.6 Å². The first kappa shape index (κ1) is 19.7. The van der Waals surface area contributed by atoms with Crippen LogP contribution in [0.15, 0.2) is 54.6 Å². The van der Waals surface area contributed by atoms with E-state index in [0.717, 1.165) is 11.4 Å². The molecule has 6 nitrogen and oxygen atoms in total. The van der Waals surface area contributed by atoms with Gasteiger partial charge in [0.15, 0.2) is 0 Å². The quantitative estimate of drug-likeness (QED) is 0.753. The van der Waals surface area contributed by atoms with E-state index in [1.807, 2.05) is 61.5 Å². The van der Waals surface area contributed by atoms with Gasteiger partial charge in [-0.1, -0.05) is 35.9 Å². The number of urea groups is 1. The van der Waals surface area contributed by atoms with Gasteiger partial charge in [0.25, 0.3) is 0 Å². The fourth-order valence-electron chi connectivity index (χ4n) is 3.19. The Hall–Kier alpha value is -3.02. The van der Waals surface area contributed by atoms with Crippen LogP contribution in [-0.4, -0.2) is 43.1 Å². The average molecular weight is 381 g/mol. The van der Waals surface area contributed by atoms with Gasteiger partial charge in [0.05, 0.1) is 6.54 Å². The van der Waals surface area contributed by atoms with Gasteiger partial charge in [0.1, 0.15) is 12.4 Å². The Kier molecular flexibility index (Phi) is 6.89. The highest BCUT2D eigenvalue weighted by molar-refractivity contribution is 5.89. The minimum absolute atomic E-state index is 0.0376. The molecule has 0 unspecified atom stereocenters. The molecule has 0 aromatic heterocycles. The lowest BCUT2D eigenvalue weighted by Gasteiger charge is -2.31. The largest absolute Gasteiger partial charge is 0.492 e. The third-order valence-corrected chi connectivity index (χ3v) is 4.87. The first-order chi connectivity index (χ1) is 13.6. The molecular formula is C22H27N3O3. The summed E-state index contributed by atoms with van der Waals surface area (Å²) in [6.07, 6.45) is 1.35. The molecule has 1 aliphatic rings. The number of para-hydroxylation sites is 1. The number of ether oxygens (including phenoxy) is 1. The third-order valence-electron chi connectivity index (χ3n) is 4.87. The second-order valence-corrected chi connectivity index (χ2v) is 7.01. The Morgan fingerprint density at radius 1 is 1.04 bits per heavy atom. The number of rotatable bonds is 6. The summed E-state index contributed by atoms with van der Waals surface area (Å²) in [6, 6.07) is 17.1. The van der Waals surface area contributed by atoms with Gasteiger partial charge in [0, 0.05) is 24.7 Å². The summed E-state index contributed by atoms with van der Waals surface area (Å²) in [6.45, 7) is 4.10. The molecule has 3 rings (SSSR count). The maximum atomic E-state index is 12.3. The van der Waals surface area contributed by atoms with Gasteiger partial charge in [-0.2, -0.15) is 0 Å². The van der Waals surface area contributed by atoms with Crippen molar-refractivity contribution in [2.75, 3.05) is 31.6 Å². The van der Waals surface area contributed by atoms with Gasteiger partial charge in [-0.15, -0.1) is 0 Å². The van der Waals surface area contributed by atoms with Crippen LogP contribution in [-0.2, 0) is 4.79 Å². The Labute approximate surface area is 165 Å². The summed E-state index contributed by atoms with van der Waals surface area (Å²) < 4.78 is 5.63. The maximum absolute atomic E-state index is 12.3. The molecule has 3 amide bonds. The van der Waals surface area contributed by atoms with E-state index < -0.39 is 0 Å². The van der Waals surface area contributed by atoms with Crippen molar-refractivity contribution in [3.8, 4) is 5.75 Å². The lowest BCUT2D eigenvalue weighted by Crippen LogP contribution is -2.45. The molecule has 2 aromatic rings. The van der Waals surface area contributed by atoms with Crippen molar-refractivity contribution in [1.82, 2.24) is 10.2 Å². The fourth-order valence-corrected chi connectivity index (χ4v) is 3.19. The SMILES string of the molecule is Cc1ccc(OCCNC(=O)C2CCN(C(=O)Nc3ccccc3)CC2)cc1. The molecule has 6 heteroatoms. The van der Waals surface area contributed by atoms with Crippen molar-refractivity contribution in [1.29, 1.82) is 0 Å². The van der Waals surface area contributed by atoms with E-state index in [9.17, 15) is 9.59 Å². The minimum atomic E-state index is -0.114. The van der Waals surface area contributed by atoms with Crippen LogP contribution < -0.4 is 15.4 Å². The van der Waals surface area contributed by atoms with Gasteiger partial charge in [-0.25, -0.2) is 4.79 Å². The van der Waals surface area contributed by atoms with Gasteiger partial charge in [-0.3, -0.25) is 4.79 Å². The Morgan fingerprint density at radius 3 is 2.39 bits per heavy atom. The number of amides is 3. The van der Waals surface area contributed by atoms with E-state index in [1.54, 1.807) is 4.90 Å². The van der Waals surface area contributed by atoms with Crippen LogP contribution in [0.2, 0.25) is 0 Å². The van der Waals surface area contributed by atoms with E-state index in [-0.39, 0.29) is 17.9 Å². The molecule has 28 heavy (non-hydrogen) atoms. The summed E-state index contributed by atoms with van der Waals surface area (Å²) >= 11 is 0. The number of anilines is 1. The fraction of sp³-hybridized carbons (Fsp3) is 0.364. The molecule has 148 valence electrons. The number of carbonyl (C=O) groups excluding carboxylic acids is 2. The Balaban J connectivity index is 1.34. The standard InChI is InChI=1S/C22H27N3O3/c1-17-7-9-20(10-8-17)28-16-13-23-21(26)18-11-14-25(15-12-18)22(27)24-19-5-3-2-4-6-19/h2-10,18H,11-16H2,1H3,(H,23,26)(H,24,27). The molecule has 1 aliphatic heterocycles. The topological polar surface area (TPSA) is 70.7 Å². The van der Waals surface area contributed by atoms with Crippen LogP contribution in [0.1, 0.15) is 18.4 Å². The highest BCUT2D eigenvalue weighted by atomic mass is 16.5. The maximum Gasteiger partial charge on any atom is 0.321 e. The average Bonchev–Trinajstić information content (AvgIpc) is 2.73. The summed E-state index contributed by atoms with van der Waals surface area (Å²) in [5.74, 6) is 0.786. The van der Waals surface area contributed by atoms with E-state index in [0.29, 0.717) is 39.1 Å². The molecule has 0 bridgehead atoms. The number of nitrogens with one attached hydrogen (secondary N) is 2. The number of hydrogen-bond acceptors (Lipinski definition) is 3. The van der Waals surface area contributed by atoms with Crippen molar-refractivity contribution in [3.05, 3.63) is 60.2 Å². The predicted octanol–water partition coefficient (Wildman–Crippen LogP) is 3.43. The molecule has 2 aromatic carbocycles. The summed E-state index contributed by atoms with van der Waals surface area (Å²) in [5, 5.41) is 5.82. The van der Waals surface area contributed by atoms with Gasteiger partial charge >= 0.3 is 6.03 Å². The van der Waals surface area contributed by atoms with E-state index in [1.165, 1.54) is 5.56 Å². The van der Waals surface area contributed by atoms with Crippen molar-refractivity contribution < 1.29 is 14.3 Å². The number of aryl methyl sites for hydroxylation is 1. The van der Waals surface area contributed by atoms with E-state index in [4.69, 9.17) is 4.74 Å². The zero-order chi connectivity index (χ0) is 19.8. The van der Waals surface area contributed by atoms with Crippen molar-refractivity contribution >= 4 is 17.6 Å². The summed E-state index contributed by atoms with van der Waals surface area (Å²) in [7, 11) is 0. The lowest BCUT2D eigenvalue weighted by molar-refractivity contribution is -0.126. The molecule has 0 atom stereocenters. The normalized spacial score (nSPS) is 14.4. The molecule has 0 aliphatic carbocycles. The van der Waals surface area contributed by atoms with Crippen molar-refractivity contribution in [2.24, 2.45) is 5.92 Å². The van der Waals surface area contributed by atoms with Crippen molar-refractivity contribution in [2.45, 2.75) is 19.8 Å². The number of benzene rings is 2. The molecule has 0 spiro atoms. The monoisotopic (exact) mass is 381 g/mol. The molecule has 2 N–H and O–H groups in total. The zero-order valence-electron chi connectivity index (χ0n) is 16.2. The van der Waals surface area contributed by atoms with Crippen LogP contribution in [0.3, 0.4) is 0 Å². The number of hydrogen-bond donors (Lipinski definition) is 2. The van der Waals surface area contributed by atoms with Crippen LogP contribution >= 0.6 is 0 Å². The third kappa shape index (κ3) is 5.74.